The van der Waals surface area contributed by atoms with Gasteiger partial charge in [-0.25, -0.2) is 4.98 Å². The zero-order valence-corrected chi connectivity index (χ0v) is 13.1. The Morgan fingerprint density at radius 2 is 2.27 bits per heavy atom. The van der Waals surface area contributed by atoms with Crippen LogP contribution in [0.1, 0.15) is 25.6 Å². The molecule has 1 heterocycles. The number of hydrogen-bond donors (Lipinski definition) is 0. The lowest BCUT2D eigenvalue weighted by Crippen LogP contribution is -1.98. The van der Waals surface area contributed by atoms with Gasteiger partial charge in [-0.05, 0) is 38.8 Å². The molecule has 0 radical (unpaired) electrons. The second kappa shape index (κ2) is 8.04. The van der Waals surface area contributed by atoms with E-state index in [0.29, 0.717) is 0 Å². The summed E-state index contributed by atoms with van der Waals surface area (Å²) in [6.07, 6.45) is 10.9. The van der Waals surface area contributed by atoms with Gasteiger partial charge in [-0.1, -0.05) is 34.9 Å². The summed E-state index contributed by atoms with van der Waals surface area (Å²) in [4.78, 5) is 9.42. The molecule has 2 rings (SSSR count). The van der Waals surface area contributed by atoms with Crippen LogP contribution in [0.4, 0.5) is 0 Å². The molecule has 4 heteroatoms. The average Bonchev–Trinajstić information content (AvgIpc) is 2.84. The highest BCUT2D eigenvalue weighted by Crippen LogP contribution is 2.16. The van der Waals surface area contributed by atoms with Gasteiger partial charge in [0, 0.05) is 12.8 Å². The lowest BCUT2D eigenvalue weighted by Gasteiger charge is -2.04. The van der Waals surface area contributed by atoms with Crippen molar-refractivity contribution in [1.82, 2.24) is 9.55 Å². The number of nitrogens with zero attached hydrogens (tertiary/aromatic N) is 3. The van der Waals surface area contributed by atoms with Crippen LogP contribution in [0.25, 0.3) is 11.0 Å². The molecule has 1 aromatic carbocycles. The van der Waals surface area contributed by atoms with Crippen molar-refractivity contribution in [2.45, 2.75) is 33.2 Å². The predicted octanol–water partition coefficient (Wildman–Crippen LogP) is 3.71. The Bertz CT molecular complexity index is 719. The fraction of sp³-hybridized carbons (Fsp3) is 0.333. The van der Waals surface area contributed by atoms with E-state index >= 15 is 0 Å². The first-order chi connectivity index (χ1) is 10.7. The number of aryl methyl sites for hydroxylation is 1. The normalized spacial score (nSPS) is 12.0. The minimum absolute atomic E-state index is 0.221. The van der Waals surface area contributed by atoms with E-state index in [1.54, 1.807) is 6.21 Å². The summed E-state index contributed by atoms with van der Waals surface area (Å²) >= 11 is 0. The molecule has 0 N–H and O–H groups in total. The van der Waals surface area contributed by atoms with Crippen molar-refractivity contribution in [3.8, 4) is 12.3 Å². The van der Waals surface area contributed by atoms with Crippen LogP contribution >= 0.6 is 0 Å². The van der Waals surface area contributed by atoms with Gasteiger partial charge in [0.05, 0.1) is 11.0 Å². The topological polar surface area (TPSA) is 39.4 Å². The zero-order valence-electron chi connectivity index (χ0n) is 13.1. The highest BCUT2D eigenvalue weighted by Gasteiger charge is 2.04. The first-order valence-electron chi connectivity index (χ1n) is 7.37. The van der Waals surface area contributed by atoms with Crippen molar-refractivity contribution in [3.05, 3.63) is 41.7 Å². The van der Waals surface area contributed by atoms with Gasteiger partial charge in [0.1, 0.15) is 5.82 Å². The van der Waals surface area contributed by atoms with Crippen molar-refractivity contribution < 1.29 is 4.84 Å². The first kappa shape index (κ1) is 15.8. The Balaban J connectivity index is 1.91. The summed E-state index contributed by atoms with van der Waals surface area (Å²) < 4.78 is 2.23. The third kappa shape index (κ3) is 4.23. The molecule has 0 amide bonds. The van der Waals surface area contributed by atoms with Gasteiger partial charge in [-0.2, -0.15) is 0 Å². The molecule has 0 saturated carbocycles. The number of hydrogen-bond acceptors (Lipinski definition) is 3. The number of aromatic nitrogens is 2. The fourth-order valence-electron chi connectivity index (χ4n) is 2.25. The Labute approximate surface area is 131 Å². The number of fused-ring (bicyclic) bond motifs is 1. The van der Waals surface area contributed by atoms with Crippen molar-refractivity contribution in [1.29, 1.82) is 0 Å². The standard InChI is InChI=1S/C18H21N3O/c1-4-14-22-19-12-7-8-15(2)11-13-21-16(3)20-17-9-5-6-10-18(17)21/h1,5-6,9-12H,7-8,13-14H2,2-3H3/b15-11+,19-12?. The van der Waals surface area contributed by atoms with Crippen LogP contribution in [0.3, 0.4) is 0 Å². The maximum Gasteiger partial charge on any atom is 0.177 e. The molecule has 2 aromatic rings. The van der Waals surface area contributed by atoms with E-state index in [9.17, 15) is 0 Å². The molecule has 114 valence electrons. The fourth-order valence-corrected chi connectivity index (χ4v) is 2.25. The molecule has 0 spiro atoms. The number of terminal acetylenes is 1. The van der Waals surface area contributed by atoms with E-state index in [1.807, 2.05) is 25.1 Å². The maximum atomic E-state index is 5.06. The zero-order chi connectivity index (χ0) is 15.8. The third-order valence-corrected chi connectivity index (χ3v) is 3.43. The second-order valence-corrected chi connectivity index (χ2v) is 5.11. The molecule has 0 aliphatic heterocycles. The highest BCUT2D eigenvalue weighted by molar-refractivity contribution is 5.75. The van der Waals surface area contributed by atoms with Crippen molar-refractivity contribution in [2.24, 2.45) is 5.16 Å². The van der Waals surface area contributed by atoms with Crippen LogP contribution in [-0.4, -0.2) is 22.4 Å². The molecule has 4 nitrogen and oxygen atoms in total. The summed E-state index contributed by atoms with van der Waals surface area (Å²) in [7, 11) is 0. The molecular formula is C18H21N3O. The highest BCUT2D eigenvalue weighted by atomic mass is 16.6. The van der Waals surface area contributed by atoms with Gasteiger partial charge in [-0.3, -0.25) is 0 Å². The number of rotatable bonds is 7. The number of benzene rings is 1. The maximum absolute atomic E-state index is 5.06. The summed E-state index contributed by atoms with van der Waals surface area (Å²) in [6, 6.07) is 8.21. The molecule has 0 aliphatic rings. The number of oxime groups is 1. The Morgan fingerprint density at radius 1 is 1.45 bits per heavy atom. The molecule has 1 aromatic heterocycles. The van der Waals surface area contributed by atoms with Gasteiger partial charge >= 0.3 is 0 Å². The SMILES string of the molecule is C#CCON=CCC/C(C)=C/Cn1c(C)nc2ccccc21. The Kier molecular flexibility index (Phi) is 5.79. The Morgan fingerprint density at radius 3 is 3.09 bits per heavy atom. The van der Waals surface area contributed by atoms with E-state index in [-0.39, 0.29) is 6.61 Å². The lowest BCUT2D eigenvalue weighted by atomic mass is 10.1. The van der Waals surface area contributed by atoms with Gasteiger partial charge < -0.3 is 9.40 Å². The summed E-state index contributed by atoms with van der Waals surface area (Å²) in [5.74, 6) is 3.40. The summed E-state index contributed by atoms with van der Waals surface area (Å²) in [5.41, 5.74) is 3.54. The van der Waals surface area contributed by atoms with E-state index < -0.39 is 0 Å². The molecule has 0 fully saturated rings. The van der Waals surface area contributed by atoms with E-state index in [2.05, 4.69) is 39.7 Å². The molecule has 0 bridgehead atoms. The van der Waals surface area contributed by atoms with Crippen LogP contribution in [0.15, 0.2) is 41.1 Å². The third-order valence-electron chi connectivity index (χ3n) is 3.43. The van der Waals surface area contributed by atoms with Crippen LogP contribution < -0.4 is 0 Å². The van der Waals surface area contributed by atoms with Crippen molar-refractivity contribution in [2.75, 3.05) is 6.61 Å². The largest absolute Gasteiger partial charge is 0.383 e. The van der Waals surface area contributed by atoms with Crippen LogP contribution in [0.2, 0.25) is 0 Å². The average molecular weight is 295 g/mol. The van der Waals surface area contributed by atoms with Crippen LogP contribution in [0, 0.1) is 19.3 Å². The van der Waals surface area contributed by atoms with E-state index in [0.717, 1.165) is 30.7 Å². The summed E-state index contributed by atoms with van der Waals surface area (Å²) in [6.45, 7) is 5.23. The Hall–Kier alpha value is -2.54. The van der Waals surface area contributed by atoms with Crippen LogP contribution in [-0.2, 0) is 11.4 Å². The van der Waals surface area contributed by atoms with Crippen molar-refractivity contribution in [3.63, 3.8) is 0 Å². The van der Waals surface area contributed by atoms with Crippen LogP contribution in [0.5, 0.6) is 0 Å². The van der Waals surface area contributed by atoms with Gasteiger partial charge in [-0.15, -0.1) is 6.42 Å². The number of imidazole rings is 1. The number of allylic oxidation sites excluding steroid dienone is 2. The van der Waals surface area contributed by atoms with Gasteiger partial charge in [0.15, 0.2) is 6.61 Å². The van der Waals surface area contributed by atoms with E-state index in [4.69, 9.17) is 11.3 Å². The van der Waals surface area contributed by atoms with Gasteiger partial charge in [0.25, 0.3) is 0 Å². The quantitative estimate of drug-likeness (QED) is 0.257. The smallest absolute Gasteiger partial charge is 0.177 e. The molecule has 0 saturated heterocycles. The number of para-hydroxylation sites is 2. The molecule has 0 aliphatic carbocycles. The minimum atomic E-state index is 0.221. The summed E-state index contributed by atoms with van der Waals surface area (Å²) in [5, 5.41) is 3.79. The molecule has 0 atom stereocenters. The molecule has 22 heavy (non-hydrogen) atoms. The lowest BCUT2D eigenvalue weighted by molar-refractivity contribution is 0.181. The second-order valence-electron chi connectivity index (χ2n) is 5.11. The first-order valence-corrected chi connectivity index (χ1v) is 7.37. The molecular weight excluding hydrogens is 274 g/mol. The van der Waals surface area contributed by atoms with Gasteiger partial charge in [0.2, 0.25) is 0 Å². The van der Waals surface area contributed by atoms with Crippen molar-refractivity contribution >= 4 is 17.2 Å². The monoisotopic (exact) mass is 295 g/mol. The van der Waals surface area contributed by atoms with E-state index in [1.165, 1.54) is 11.1 Å². The predicted molar refractivity (Wildman–Crippen MR) is 90.7 cm³/mol. The molecule has 0 unspecified atom stereocenters. The minimum Gasteiger partial charge on any atom is -0.383 e.